The molecule has 0 unspecified atom stereocenters. The smallest absolute Gasteiger partial charge is 0.343 e. The van der Waals surface area contributed by atoms with Gasteiger partial charge in [-0.05, 0) is 39.8 Å². The molecule has 1 fully saturated rings. The number of halogens is 3. The first-order chi connectivity index (χ1) is 10.5. The van der Waals surface area contributed by atoms with E-state index >= 15 is 0 Å². The Hall–Kier alpha value is -1.31. The molecule has 1 saturated heterocycles. The number of piperidine rings is 1. The number of likely N-dealkylation sites (tertiary alicyclic amines) is 1. The highest BCUT2D eigenvalue weighted by Crippen LogP contribution is 2.20. The molecule has 0 aromatic rings. The lowest BCUT2D eigenvalue weighted by molar-refractivity contribution is -0.159. The van der Waals surface area contributed by atoms with Gasteiger partial charge in [0.1, 0.15) is 6.54 Å². The summed E-state index contributed by atoms with van der Waals surface area (Å²) in [6, 6.07) is 0.137. The maximum absolute atomic E-state index is 12.3. The van der Waals surface area contributed by atoms with Crippen LogP contribution < -0.4 is 0 Å². The molecule has 134 valence electrons. The Morgan fingerprint density at radius 3 is 2.13 bits per heavy atom. The molecule has 0 bridgehead atoms. The van der Waals surface area contributed by atoms with E-state index in [1.807, 2.05) is 18.7 Å². The van der Waals surface area contributed by atoms with Gasteiger partial charge in [0.25, 0.3) is 0 Å². The molecule has 0 aliphatic carbocycles. The van der Waals surface area contributed by atoms with Crippen molar-refractivity contribution in [3.8, 4) is 0 Å². The first-order valence-electron chi connectivity index (χ1n) is 7.81. The van der Waals surface area contributed by atoms with Crippen LogP contribution in [0.1, 0.15) is 26.7 Å². The van der Waals surface area contributed by atoms with E-state index in [4.69, 9.17) is 0 Å². The molecule has 1 rings (SSSR count). The monoisotopic (exact) mass is 337 g/mol. The Morgan fingerprint density at radius 2 is 1.70 bits per heavy atom. The van der Waals surface area contributed by atoms with Gasteiger partial charge in [-0.3, -0.25) is 14.5 Å². The second-order valence-electron chi connectivity index (χ2n) is 6.46. The van der Waals surface area contributed by atoms with Crippen LogP contribution in [0, 0.1) is 5.92 Å². The molecule has 0 aromatic heterocycles. The molecule has 1 aliphatic heterocycles. The van der Waals surface area contributed by atoms with Crippen LogP contribution in [0.25, 0.3) is 0 Å². The Morgan fingerprint density at radius 1 is 1.17 bits per heavy atom. The van der Waals surface area contributed by atoms with Gasteiger partial charge in [-0.25, -0.2) is 0 Å². The number of rotatable bonds is 5. The molecular formula is C15H26F3N3O2. The number of carbonyl (C=O) groups is 2. The van der Waals surface area contributed by atoms with Gasteiger partial charge in [-0.2, -0.15) is 13.2 Å². The van der Waals surface area contributed by atoms with Crippen molar-refractivity contribution in [1.29, 1.82) is 0 Å². The van der Waals surface area contributed by atoms with Crippen LogP contribution in [-0.4, -0.2) is 79.0 Å². The molecule has 2 amide bonds. The van der Waals surface area contributed by atoms with Crippen LogP contribution in [0.5, 0.6) is 0 Å². The van der Waals surface area contributed by atoms with E-state index in [9.17, 15) is 22.8 Å². The highest BCUT2D eigenvalue weighted by atomic mass is 19.4. The van der Waals surface area contributed by atoms with Gasteiger partial charge in [0.05, 0.1) is 6.54 Å². The van der Waals surface area contributed by atoms with Gasteiger partial charge in [-0.15, -0.1) is 0 Å². The zero-order chi connectivity index (χ0) is 17.8. The standard InChI is InChI=1S/C15H26F3N3O2/c1-11(2)20(4)14(23)12-5-7-21(8-6-12)9-13(22)19(3)10-15(16,17)18/h11-12H,5-10H2,1-4H3. The molecule has 8 heteroatoms. The number of nitrogens with zero attached hydrogens (tertiary/aromatic N) is 3. The Bertz CT molecular complexity index is 419. The summed E-state index contributed by atoms with van der Waals surface area (Å²) in [6.45, 7) is 3.72. The molecule has 0 N–H and O–H groups in total. The summed E-state index contributed by atoms with van der Waals surface area (Å²) in [7, 11) is 2.93. The Labute approximate surface area is 135 Å². The van der Waals surface area contributed by atoms with Crippen LogP contribution in [-0.2, 0) is 9.59 Å². The number of hydrogen-bond donors (Lipinski definition) is 0. The fraction of sp³-hybridized carbons (Fsp3) is 0.867. The largest absolute Gasteiger partial charge is 0.406 e. The molecular weight excluding hydrogens is 311 g/mol. The van der Waals surface area contributed by atoms with Gasteiger partial charge in [0.2, 0.25) is 11.8 Å². The summed E-state index contributed by atoms with van der Waals surface area (Å²) >= 11 is 0. The van der Waals surface area contributed by atoms with Crippen LogP contribution in [0.3, 0.4) is 0 Å². The number of likely N-dealkylation sites (N-methyl/N-ethyl adjacent to an activating group) is 1. The molecule has 23 heavy (non-hydrogen) atoms. The molecule has 0 radical (unpaired) electrons. The van der Waals surface area contributed by atoms with E-state index in [1.165, 1.54) is 0 Å². The third-order valence-electron chi connectivity index (χ3n) is 4.26. The Kier molecular flexibility index (Phi) is 6.85. The topological polar surface area (TPSA) is 43.9 Å². The minimum absolute atomic E-state index is 0.0342. The number of carbonyl (C=O) groups excluding carboxylic acids is 2. The van der Waals surface area contributed by atoms with Gasteiger partial charge in [0.15, 0.2) is 0 Å². The summed E-state index contributed by atoms with van der Waals surface area (Å²) in [6.07, 6.45) is -3.12. The molecule has 5 nitrogen and oxygen atoms in total. The lowest BCUT2D eigenvalue weighted by Crippen LogP contribution is -2.47. The van der Waals surface area contributed by atoms with E-state index < -0.39 is 18.6 Å². The normalized spacial score (nSPS) is 17.4. The molecule has 0 aromatic carbocycles. The maximum Gasteiger partial charge on any atom is 0.406 e. The fourth-order valence-electron chi connectivity index (χ4n) is 2.55. The molecule has 0 saturated carbocycles. The van der Waals surface area contributed by atoms with Crippen LogP contribution in [0.2, 0.25) is 0 Å². The van der Waals surface area contributed by atoms with E-state index in [0.717, 1.165) is 7.05 Å². The summed E-state index contributed by atoms with van der Waals surface area (Å²) in [5.74, 6) is -0.520. The first-order valence-corrected chi connectivity index (χ1v) is 7.81. The van der Waals surface area contributed by atoms with Crippen molar-refractivity contribution >= 4 is 11.8 Å². The van der Waals surface area contributed by atoms with Crippen molar-refractivity contribution in [1.82, 2.24) is 14.7 Å². The van der Waals surface area contributed by atoms with E-state index in [-0.39, 0.29) is 24.4 Å². The number of amides is 2. The van der Waals surface area contributed by atoms with E-state index in [2.05, 4.69) is 0 Å². The second-order valence-corrected chi connectivity index (χ2v) is 6.46. The highest BCUT2D eigenvalue weighted by Gasteiger charge is 2.33. The van der Waals surface area contributed by atoms with Crippen molar-refractivity contribution in [2.75, 3.05) is 40.3 Å². The molecule has 0 atom stereocenters. The van der Waals surface area contributed by atoms with Gasteiger partial charge < -0.3 is 9.80 Å². The summed E-state index contributed by atoms with van der Waals surface area (Å²) in [5.41, 5.74) is 0. The maximum atomic E-state index is 12.3. The predicted octanol–water partition coefficient (Wildman–Crippen LogP) is 1.59. The average Bonchev–Trinajstić information content (AvgIpc) is 2.44. The third kappa shape index (κ3) is 6.37. The average molecular weight is 337 g/mol. The summed E-state index contributed by atoms with van der Waals surface area (Å²) in [4.78, 5) is 28.3. The van der Waals surface area contributed by atoms with Crippen molar-refractivity contribution in [3.63, 3.8) is 0 Å². The lowest BCUT2D eigenvalue weighted by Gasteiger charge is -2.34. The van der Waals surface area contributed by atoms with Crippen molar-refractivity contribution in [2.45, 2.75) is 38.9 Å². The highest BCUT2D eigenvalue weighted by molar-refractivity contribution is 5.79. The number of alkyl halides is 3. The van der Waals surface area contributed by atoms with Crippen molar-refractivity contribution < 1.29 is 22.8 Å². The van der Waals surface area contributed by atoms with E-state index in [0.29, 0.717) is 30.8 Å². The van der Waals surface area contributed by atoms with Crippen LogP contribution >= 0.6 is 0 Å². The van der Waals surface area contributed by atoms with Crippen LogP contribution in [0.4, 0.5) is 13.2 Å². The van der Waals surface area contributed by atoms with Crippen molar-refractivity contribution in [2.24, 2.45) is 5.92 Å². The van der Waals surface area contributed by atoms with Gasteiger partial charge in [0, 0.05) is 26.1 Å². The molecule has 0 spiro atoms. The predicted molar refractivity (Wildman–Crippen MR) is 80.8 cm³/mol. The second kappa shape index (κ2) is 7.99. The lowest BCUT2D eigenvalue weighted by atomic mass is 9.95. The number of hydrogen-bond acceptors (Lipinski definition) is 3. The first kappa shape index (κ1) is 19.7. The zero-order valence-corrected chi connectivity index (χ0v) is 14.2. The quantitative estimate of drug-likeness (QED) is 0.765. The fourth-order valence-corrected chi connectivity index (χ4v) is 2.55. The minimum Gasteiger partial charge on any atom is -0.343 e. The van der Waals surface area contributed by atoms with Crippen molar-refractivity contribution in [3.05, 3.63) is 0 Å². The summed E-state index contributed by atoms with van der Waals surface area (Å²) in [5, 5.41) is 0. The van der Waals surface area contributed by atoms with Gasteiger partial charge in [-0.1, -0.05) is 0 Å². The molecule has 1 heterocycles. The zero-order valence-electron chi connectivity index (χ0n) is 14.2. The minimum atomic E-state index is -4.38. The van der Waals surface area contributed by atoms with Gasteiger partial charge >= 0.3 is 6.18 Å². The summed E-state index contributed by atoms with van der Waals surface area (Å²) < 4.78 is 36.8. The van der Waals surface area contributed by atoms with Crippen LogP contribution in [0.15, 0.2) is 0 Å². The third-order valence-corrected chi connectivity index (χ3v) is 4.26. The Balaban J connectivity index is 2.42. The molecule has 1 aliphatic rings. The van der Waals surface area contributed by atoms with E-state index in [1.54, 1.807) is 11.9 Å². The SMILES string of the molecule is CC(C)N(C)C(=O)C1CCN(CC(=O)N(C)CC(F)(F)F)CC1.